The summed E-state index contributed by atoms with van der Waals surface area (Å²) in [5.41, 5.74) is 0. The summed E-state index contributed by atoms with van der Waals surface area (Å²) in [5.74, 6) is 1.08. The van der Waals surface area contributed by atoms with Gasteiger partial charge in [0, 0.05) is 25.2 Å². The summed E-state index contributed by atoms with van der Waals surface area (Å²) >= 11 is 0. The summed E-state index contributed by atoms with van der Waals surface area (Å²) in [7, 11) is 0. The minimum Gasteiger partial charge on any atom is -0.311 e. The van der Waals surface area contributed by atoms with Crippen molar-refractivity contribution in [1.29, 1.82) is 0 Å². The number of nitrogens with zero attached hydrogens (tertiary/aromatic N) is 1. The first-order chi connectivity index (χ1) is 7.83. The van der Waals surface area contributed by atoms with Crippen LogP contribution >= 0.6 is 0 Å². The molecular weight excluding hydrogens is 196 g/mol. The average molecular weight is 224 g/mol. The zero-order chi connectivity index (χ0) is 11.4. The molecule has 1 aliphatic carbocycles. The Hall–Kier alpha value is -0.0800. The topological polar surface area (TPSA) is 15.3 Å². The van der Waals surface area contributed by atoms with Crippen LogP contribution in [0.4, 0.5) is 0 Å². The normalized spacial score (nSPS) is 31.9. The lowest BCUT2D eigenvalue weighted by Gasteiger charge is -2.40. The molecule has 0 spiro atoms. The van der Waals surface area contributed by atoms with Gasteiger partial charge in [0.2, 0.25) is 0 Å². The molecule has 1 saturated heterocycles. The Labute approximate surface area is 101 Å². The predicted octanol–water partition coefficient (Wildman–Crippen LogP) is 2.64. The third kappa shape index (κ3) is 3.46. The molecule has 94 valence electrons. The van der Waals surface area contributed by atoms with E-state index in [0.29, 0.717) is 0 Å². The van der Waals surface area contributed by atoms with E-state index in [1.165, 1.54) is 58.2 Å². The lowest BCUT2D eigenvalue weighted by molar-refractivity contribution is 0.120. The maximum atomic E-state index is 3.71. The molecule has 16 heavy (non-hydrogen) atoms. The van der Waals surface area contributed by atoms with Crippen molar-refractivity contribution >= 4 is 0 Å². The second-order valence-electron chi connectivity index (χ2n) is 5.68. The van der Waals surface area contributed by atoms with E-state index >= 15 is 0 Å². The van der Waals surface area contributed by atoms with Crippen LogP contribution in [-0.2, 0) is 0 Å². The van der Waals surface area contributed by atoms with Gasteiger partial charge in [-0.3, -0.25) is 4.90 Å². The van der Waals surface area contributed by atoms with Crippen LogP contribution in [0, 0.1) is 5.92 Å². The van der Waals surface area contributed by atoms with Gasteiger partial charge in [-0.05, 0) is 31.7 Å². The highest BCUT2D eigenvalue weighted by Crippen LogP contribution is 2.32. The molecule has 2 fully saturated rings. The molecule has 2 rings (SSSR count). The van der Waals surface area contributed by atoms with E-state index in [4.69, 9.17) is 0 Å². The average Bonchev–Trinajstić information content (AvgIpc) is 3.11. The lowest BCUT2D eigenvalue weighted by Crippen LogP contribution is -2.56. The van der Waals surface area contributed by atoms with Crippen LogP contribution < -0.4 is 5.32 Å². The van der Waals surface area contributed by atoms with Gasteiger partial charge in [-0.1, -0.05) is 33.1 Å². The summed E-state index contributed by atoms with van der Waals surface area (Å²) in [5, 5.41) is 3.71. The van der Waals surface area contributed by atoms with E-state index in [0.717, 1.165) is 18.0 Å². The Balaban J connectivity index is 1.77. The van der Waals surface area contributed by atoms with Crippen LogP contribution in [0.2, 0.25) is 0 Å². The molecule has 1 N–H and O–H groups in total. The van der Waals surface area contributed by atoms with Crippen molar-refractivity contribution in [3.05, 3.63) is 0 Å². The van der Waals surface area contributed by atoms with E-state index in [-0.39, 0.29) is 0 Å². The molecule has 0 amide bonds. The fourth-order valence-corrected chi connectivity index (χ4v) is 2.90. The quantitative estimate of drug-likeness (QED) is 0.746. The molecule has 0 radical (unpaired) electrons. The summed E-state index contributed by atoms with van der Waals surface area (Å²) < 4.78 is 0. The molecule has 2 atom stereocenters. The van der Waals surface area contributed by atoms with Crippen molar-refractivity contribution in [3.63, 3.8) is 0 Å². The Morgan fingerprint density at radius 1 is 1.19 bits per heavy atom. The van der Waals surface area contributed by atoms with Crippen molar-refractivity contribution < 1.29 is 0 Å². The third-order valence-corrected chi connectivity index (χ3v) is 4.24. The minimum absolute atomic E-state index is 0.756. The molecule has 2 unspecified atom stereocenters. The van der Waals surface area contributed by atoms with Crippen LogP contribution in [0.15, 0.2) is 0 Å². The van der Waals surface area contributed by atoms with Crippen LogP contribution in [0.5, 0.6) is 0 Å². The Bertz CT molecular complexity index is 201. The third-order valence-electron chi connectivity index (χ3n) is 4.24. The largest absolute Gasteiger partial charge is 0.311 e. The lowest BCUT2D eigenvalue weighted by atomic mass is 10.0. The van der Waals surface area contributed by atoms with Crippen LogP contribution in [0.3, 0.4) is 0 Å². The summed E-state index contributed by atoms with van der Waals surface area (Å²) in [6.07, 6.45) is 8.41. The molecule has 0 aromatic carbocycles. The molecule has 2 aliphatic rings. The van der Waals surface area contributed by atoms with Crippen molar-refractivity contribution in [2.24, 2.45) is 5.92 Å². The minimum atomic E-state index is 0.756. The summed E-state index contributed by atoms with van der Waals surface area (Å²) in [4.78, 5) is 2.76. The number of nitrogens with one attached hydrogen (secondary N) is 1. The summed E-state index contributed by atoms with van der Waals surface area (Å²) in [6.45, 7) is 8.48. The van der Waals surface area contributed by atoms with Gasteiger partial charge in [-0.2, -0.15) is 0 Å². The van der Waals surface area contributed by atoms with Gasteiger partial charge in [0.05, 0.1) is 0 Å². The van der Waals surface area contributed by atoms with Crippen molar-refractivity contribution in [3.8, 4) is 0 Å². The summed E-state index contributed by atoms with van der Waals surface area (Å²) in [6, 6.07) is 1.55. The Morgan fingerprint density at radius 2 is 2.00 bits per heavy atom. The number of hydrogen-bond acceptors (Lipinski definition) is 2. The molecular formula is C14H28N2. The van der Waals surface area contributed by atoms with Crippen molar-refractivity contribution in [2.45, 2.75) is 64.5 Å². The first kappa shape index (κ1) is 12.4. The predicted molar refractivity (Wildman–Crippen MR) is 69.7 cm³/mol. The second kappa shape index (κ2) is 6.02. The maximum Gasteiger partial charge on any atom is 0.0218 e. The van der Waals surface area contributed by atoms with Gasteiger partial charge in [0.1, 0.15) is 0 Å². The van der Waals surface area contributed by atoms with E-state index in [9.17, 15) is 0 Å². The first-order valence-electron chi connectivity index (χ1n) is 7.30. The molecule has 1 saturated carbocycles. The zero-order valence-electron chi connectivity index (χ0n) is 11.0. The fraction of sp³-hybridized carbons (Fsp3) is 1.00. The standard InChI is InChI=1S/C14H28N2/c1-3-5-13-11-16(9-8-12-6-7-12)14(4-2)10-15-13/h12-15H,3-11H2,1-2H3. The van der Waals surface area contributed by atoms with Gasteiger partial charge in [0.15, 0.2) is 0 Å². The molecule has 2 heteroatoms. The molecule has 2 nitrogen and oxygen atoms in total. The van der Waals surface area contributed by atoms with Gasteiger partial charge >= 0.3 is 0 Å². The van der Waals surface area contributed by atoms with E-state index in [2.05, 4.69) is 24.1 Å². The van der Waals surface area contributed by atoms with Gasteiger partial charge in [-0.25, -0.2) is 0 Å². The highest BCUT2D eigenvalue weighted by atomic mass is 15.2. The van der Waals surface area contributed by atoms with Crippen molar-refractivity contribution in [2.75, 3.05) is 19.6 Å². The SMILES string of the molecule is CCCC1CN(CCC2CC2)C(CC)CN1. The first-order valence-corrected chi connectivity index (χ1v) is 7.30. The van der Waals surface area contributed by atoms with E-state index in [1.807, 2.05) is 0 Å². The maximum absolute atomic E-state index is 3.71. The Kier molecular flexibility index (Phi) is 4.66. The molecule has 1 aliphatic heterocycles. The number of piperazine rings is 1. The Morgan fingerprint density at radius 3 is 2.62 bits per heavy atom. The highest BCUT2D eigenvalue weighted by molar-refractivity contribution is 4.86. The fourth-order valence-electron chi connectivity index (χ4n) is 2.90. The smallest absolute Gasteiger partial charge is 0.0218 e. The van der Waals surface area contributed by atoms with Gasteiger partial charge in [-0.15, -0.1) is 0 Å². The van der Waals surface area contributed by atoms with Gasteiger partial charge in [0.25, 0.3) is 0 Å². The second-order valence-corrected chi connectivity index (χ2v) is 5.68. The highest BCUT2D eigenvalue weighted by Gasteiger charge is 2.28. The van der Waals surface area contributed by atoms with Crippen LogP contribution in [0.25, 0.3) is 0 Å². The van der Waals surface area contributed by atoms with Crippen LogP contribution in [-0.4, -0.2) is 36.6 Å². The molecule has 1 heterocycles. The van der Waals surface area contributed by atoms with Crippen LogP contribution in [0.1, 0.15) is 52.4 Å². The van der Waals surface area contributed by atoms with E-state index in [1.54, 1.807) is 0 Å². The molecule has 0 aromatic rings. The molecule has 0 bridgehead atoms. The van der Waals surface area contributed by atoms with Crippen molar-refractivity contribution in [1.82, 2.24) is 10.2 Å². The monoisotopic (exact) mass is 224 g/mol. The van der Waals surface area contributed by atoms with Gasteiger partial charge < -0.3 is 5.32 Å². The zero-order valence-corrected chi connectivity index (χ0v) is 11.0. The number of rotatable bonds is 6. The number of hydrogen-bond donors (Lipinski definition) is 1. The van der Waals surface area contributed by atoms with E-state index < -0.39 is 0 Å². The molecule has 0 aromatic heterocycles.